The Kier molecular flexibility index (Phi) is 5.20. The third-order valence-electron chi connectivity index (χ3n) is 3.11. The number of methoxy groups -OCH3 is 1. The third-order valence-corrected chi connectivity index (χ3v) is 3.61. The van der Waals surface area contributed by atoms with Crippen LogP contribution >= 0.6 is 15.9 Å². The number of hydrogen-bond acceptors (Lipinski definition) is 3. The van der Waals surface area contributed by atoms with Crippen LogP contribution in [0, 0.1) is 5.82 Å². The van der Waals surface area contributed by atoms with Crippen molar-refractivity contribution in [3.63, 3.8) is 0 Å². The third kappa shape index (κ3) is 3.74. The van der Waals surface area contributed by atoms with Gasteiger partial charge in [-0.3, -0.25) is 0 Å². The van der Waals surface area contributed by atoms with E-state index in [9.17, 15) is 4.39 Å². The Bertz CT molecular complexity index is 632. The van der Waals surface area contributed by atoms with E-state index >= 15 is 0 Å². The van der Waals surface area contributed by atoms with Gasteiger partial charge in [0, 0.05) is 21.6 Å². The molecule has 112 valence electrons. The highest BCUT2D eigenvalue weighted by atomic mass is 79.9. The Morgan fingerprint density at radius 1 is 1.24 bits per heavy atom. The molecule has 0 aliphatic carbocycles. The van der Waals surface area contributed by atoms with Gasteiger partial charge in [0.15, 0.2) is 11.6 Å². The van der Waals surface area contributed by atoms with Crippen molar-refractivity contribution in [2.45, 2.75) is 19.6 Å². The van der Waals surface area contributed by atoms with Crippen molar-refractivity contribution in [3.05, 3.63) is 57.8 Å². The van der Waals surface area contributed by atoms with E-state index in [1.807, 2.05) is 25.1 Å². The van der Waals surface area contributed by atoms with Crippen molar-refractivity contribution >= 4 is 15.9 Å². The van der Waals surface area contributed by atoms with Crippen LogP contribution in [0.15, 0.2) is 40.9 Å². The van der Waals surface area contributed by atoms with Gasteiger partial charge in [0.2, 0.25) is 0 Å². The van der Waals surface area contributed by atoms with E-state index in [1.54, 1.807) is 18.2 Å². The molecule has 0 spiro atoms. The van der Waals surface area contributed by atoms with E-state index < -0.39 is 5.82 Å². The lowest BCUT2D eigenvalue weighted by Gasteiger charge is -2.15. The van der Waals surface area contributed by atoms with Gasteiger partial charge < -0.3 is 15.2 Å². The van der Waals surface area contributed by atoms with Gasteiger partial charge in [-0.15, -0.1) is 0 Å². The van der Waals surface area contributed by atoms with E-state index in [-0.39, 0.29) is 18.4 Å². The number of nitrogens with two attached hydrogens (primary N) is 1. The van der Waals surface area contributed by atoms with Gasteiger partial charge in [-0.1, -0.05) is 34.1 Å². The Labute approximate surface area is 132 Å². The lowest BCUT2D eigenvalue weighted by Crippen LogP contribution is -2.08. The summed E-state index contributed by atoms with van der Waals surface area (Å²) < 4.78 is 25.7. The van der Waals surface area contributed by atoms with Gasteiger partial charge >= 0.3 is 0 Å². The first-order chi connectivity index (χ1) is 10.0. The summed E-state index contributed by atoms with van der Waals surface area (Å²) in [5.74, 6) is 0.441. The van der Waals surface area contributed by atoms with E-state index in [0.717, 1.165) is 10.0 Å². The van der Waals surface area contributed by atoms with Crippen LogP contribution in [0.1, 0.15) is 24.1 Å². The van der Waals surface area contributed by atoms with E-state index in [4.69, 9.17) is 15.2 Å². The molecule has 0 heterocycles. The molecule has 0 saturated carbocycles. The maximum absolute atomic E-state index is 14.1. The first-order valence-electron chi connectivity index (χ1n) is 6.52. The Balaban J connectivity index is 2.22. The van der Waals surface area contributed by atoms with Gasteiger partial charge in [0.05, 0.1) is 7.11 Å². The minimum atomic E-state index is -0.405. The van der Waals surface area contributed by atoms with Crippen molar-refractivity contribution in [3.8, 4) is 11.5 Å². The van der Waals surface area contributed by atoms with Gasteiger partial charge in [-0.05, 0) is 25.1 Å². The fourth-order valence-electron chi connectivity index (χ4n) is 1.99. The Morgan fingerprint density at radius 3 is 2.67 bits per heavy atom. The highest BCUT2D eigenvalue weighted by Crippen LogP contribution is 2.29. The fourth-order valence-corrected chi connectivity index (χ4v) is 2.33. The number of halogens is 2. The molecule has 21 heavy (non-hydrogen) atoms. The molecule has 3 nitrogen and oxygen atoms in total. The van der Waals surface area contributed by atoms with Crippen LogP contribution in [0.4, 0.5) is 4.39 Å². The van der Waals surface area contributed by atoms with Crippen LogP contribution < -0.4 is 15.2 Å². The van der Waals surface area contributed by atoms with E-state index in [0.29, 0.717) is 11.3 Å². The van der Waals surface area contributed by atoms with Gasteiger partial charge in [0.1, 0.15) is 12.4 Å². The molecule has 0 aromatic heterocycles. The van der Waals surface area contributed by atoms with Crippen LogP contribution in [0.5, 0.6) is 11.5 Å². The minimum absolute atomic E-state index is 0.110. The fraction of sp³-hybridized carbons (Fsp3) is 0.250. The van der Waals surface area contributed by atoms with E-state index in [2.05, 4.69) is 15.9 Å². The average Bonchev–Trinajstić information content (AvgIpc) is 2.46. The highest BCUT2D eigenvalue weighted by molar-refractivity contribution is 9.10. The topological polar surface area (TPSA) is 44.5 Å². The number of hydrogen-bond donors (Lipinski definition) is 1. The number of ether oxygens (including phenoxy) is 2. The zero-order valence-electron chi connectivity index (χ0n) is 11.9. The lowest BCUT2D eigenvalue weighted by molar-refractivity contribution is 0.291. The molecule has 1 atom stereocenters. The summed E-state index contributed by atoms with van der Waals surface area (Å²) in [6, 6.07) is 10.4. The molecule has 2 N–H and O–H groups in total. The first-order valence-corrected chi connectivity index (χ1v) is 7.31. The smallest absolute Gasteiger partial charge is 0.171 e. The molecule has 0 amide bonds. The molecular weight excluding hydrogens is 337 g/mol. The SMILES string of the molecule is COc1cccc(COc2cc(Br)ccc2[C@H](C)N)c1F. The molecule has 0 bridgehead atoms. The van der Waals surface area contributed by atoms with Crippen LogP contribution in [-0.2, 0) is 6.61 Å². The van der Waals surface area contributed by atoms with Gasteiger partial charge in [-0.25, -0.2) is 4.39 Å². The van der Waals surface area contributed by atoms with Gasteiger partial charge in [-0.2, -0.15) is 0 Å². The summed E-state index contributed by atoms with van der Waals surface area (Å²) in [6.07, 6.45) is 0. The monoisotopic (exact) mass is 353 g/mol. The summed E-state index contributed by atoms with van der Waals surface area (Å²) in [5.41, 5.74) is 7.23. The molecule has 0 fully saturated rings. The normalized spacial score (nSPS) is 12.0. The molecule has 2 rings (SSSR count). The summed E-state index contributed by atoms with van der Waals surface area (Å²) in [6.45, 7) is 1.99. The summed E-state index contributed by atoms with van der Waals surface area (Å²) in [4.78, 5) is 0. The molecule has 0 saturated heterocycles. The van der Waals surface area contributed by atoms with Crippen LogP contribution in [-0.4, -0.2) is 7.11 Å². The second-order valence-corrected chi connectivity index (χ2v) is 5.61. The molecule has 0 aliphatic heterocycles. The largest absolute Gasteiger partial charge is 0.494 e. The highest BCUT2D eigenvalue weighted by Gasteiger charge is 2.12. The Hall–Kier alpha value is -1.59. The number of benzene rings is 2. The first kappa shape index (κ1) is 15.8. The predicted molar refractivity (Wildman–Crippen MR) is 84.0 cm³/mol. The summed E-state index contributed by atoms with van der Waals surface area (Å²) >= 11 is 3.39. The summed E-state index contributed by atoms with van der Waals surface area (Å²) in [5, 5.41) is 0. The van der Waals surface area contributed by atoms with E-state index in [1.165, 1.54) is 7.11 Å². The molecule has 0 unspecified atom stereocenters. The average molecular weight is 354 g/mol. The van der Waals surface area contributed by atoms with Crippen molar-refractivity contribution in [1.29, 1.82) is 0 Å². The molecule has 0 radical (unpaired) electrons. The summed E-state index contributed by atoms with van der Waals surface area (Å²) in [7, 11) is 1.44. The van der Waals surface area contributed by atoms with Crippen LogP contribution in [0.3, 0.4) is 0 Å². The molecular formula is C16H17BrFNO2. The minimum Gasteiger partial charge on any atom is -0.494 e. The predicted octanol–water partition coefficient (Wildman–Crippen LogP) is 4.20. The van der Waals surface area contributed by atoms with Crippen molar-refractivity contribution in [1.82, 2.24) is 0 Å². The lowest BCUT2D eigenvalue weighted by atomic mass is 10.1. The zero-order valence-corrected chi connectivity index (χ0v) is 13.5. The molecule has 2 aromatic rings. The van der Waals surface area contributed by atoms with Crippen LogP contribution in [0.25, 0.3) is 0 Å². The van der Waals surface area contributed by atoms with Crippen molar-refractivity contribution < 1.29 is 13.9 Å². The maximum atomic E-state index is 14.1. The van der Waals surface area contributed by atoms with Crippen molar-refractivity contribution in [2.75, 3.05) is 7.11 Å². The number of rotatable bonds is 5. The standard InChI is InChI=1S/C16H17BrFNO2/c1-10(19)13-7-6-12(17)8-15(13)21-9-11-4-3-5-14(20-2)16(11)18/h3-8,10H,9,19H2,1-2H3/t10-/m0/s1. The molecule has 5 heteroatoms. The maximum Gasteiger partial charge on any atom is 0.171 e. The quantitative estimate of drug-likeness (QED) is 0.876. The zero-order chi connectivity index (χ0) is 15.4. The second kappa shape index (κ2) is 6.91. The molecule has 2 aromatic carbocycles. The van der Waals surface area contributed by atoms with Crippen LogP contribution in [0.2, 0.25) is 0 Å². The Morgan fingerprint density at radius 2 is 2.00 bits per heavy atom. The van der Waals surface area contributed by atoms with Crippen molar-refractivity contribution in [2.24, 2.45) is 5.73 Å². The second-order valence-electron chi connectivity index (χ2n) is 4.69. The van der Waals surface area contributed by atoms with Gasteiger partial charge in [0.25, 0.3) is 0 Å². The molecule has 0 aliphatic rings.